The molecular weight excluding hydrogens is 1720 g/mol. The summed E-state index contributed by atoms with van der Waals surface area (Å²) in [5, 5.41) is 19.2. The van der Waals surface area contributed by atoms with Gasteiger partial charge in [-0.15, -0.1) is 0 Å². The van der Waals surface area contributed by atoms with Crippen LogP contribution in [0.15, 0.2) is 176 Å². The van der Waals surface area contributed by atoms with E-state index in [1.165, 1.54) is 32.5 Å². The minimum Gasteiger partial charge on any atom is -0.482 e. The van der Waals surface area contributed by atoms with Crippen molar-refractivity contribution in [1.29, 1.82) is 0 Å². The maximum Gasteiger partial charge on any atom is 0.508 e. The van der Waals surface area contributed by atoms with Crippen LogP contribution in [0, 0.1) is 53.3 Å². The first-order chi connectivity index (χ1) is 64.2. The Morgan fingerprint density at radius 3 is 1.22 bits per heavy atom. The summed E-state index contributed by atoms with van der Waals surface area (Å²) >= 11 is 4.81. The van der Waals surface area contributed by atoms with Gasteiger partial charge in [0.1, 0.15) is 87.9 Å². The van der Waals surface area contributed by atoms with E-state index < -0.39 is 29.3 Å². The van der Waals surface area contributed by atoms with Gasteiger partial charge >= 0.3 is 42.0 Å². The quantitative estimate of drug-likeness (QED) is 0.0204. The van der Waals surface area contributed by atoms with E-state index in [2.05, 4.69) is 29.9 Å². The molecule has 0 radical (unpaired) electrons. The van der Waals surface area contributed by atoms with Gasteiger partial charge in [-0.3, -0.25) is 4.79 Å². The van der Waals surface area contributed by atoms with Gasteiger partial charge in [0.25, 0.3) is 0 Å². The molecule has 1 unspecified atom stereocenters. The van der Waals surface area contributed by atoms with E-state index in [9.17, 15) is 43.5 Å². The van der Waals surface area contributed by atoms with E-state index in [-0.39, 0.29) is 164 Å². The highest BCUT2D eigenvalue weighted by atomic mass is 35.5. The van der Waals surface area contributed by atoms with Crippen molar-refractivity contribution in [1.82, 2.24) is 0 Å². The van der Waals surface area contributed by atoms with Crippen molar-refractivity contribution in [2.45, 2.75) is 232 Å². The second kappa shape index (κ2) is 55.5. The Hall–Kier alpha value is -10.3. The normalized spacial score (nSPS) is 22.1. The van der Waals surface area contributed by atoms with E-state index in [4.69, 9.17) is 87.8 Å². The molecule has 26 nitrogen and oxygen atoms in total. The largest absolute Gasteiger partial charge is 0.508 e. The van der Waals surface area contributed by atoms with Gasteiger partial charge in [-0.1, -0.05) is 186 Å². The molecule has 4 fully saturated rings. The Labute approximate surface area is 787 Å². The number of aliphatic hydroxyl groups is 1. The fourth-order valence-electron chi connectivity index (χ4n) is 19.9. The number of aliphatic carboxylic acids is 1. The molecule has 0 spiro atoms. The van der Waals surface area contributed by atoms with E-state index in [1.807, 2.05) is 172 Å². The maximum absolute atomic E-state index is 13.1. The van der Waals surface area contributed by atoms with Gasteiger partial charge in [-0.05, 0) is 274 Å². The van der Waals surface area contributed by atoms with Gasteiger partial charge < -0.3 is 86.0 Å². The Morgan fingerprint density at radius 1 is 0.414 bits per heavy atom. The second-order valence-corrected chi connectivity index (χ2v) is 35.5. The van der Waals surface area contributed by atoms with Crippen LogP contribution >= 0.6 is 11.6 Å². The zero-order valence-electron chi connectivity index (χ0n) is 76.9. The number of esters is 5. The number of carboxylic acid groups (broad SMARTS) is 1. The third-order valence-corrected chi connectivity index (χ3v) is 26.4. The maximum atomic E-state index is 13.1. The fraction of sp³-hybridized carbons (Fsp3) is 0.528. The highest BCUT2D eigenvalue weighted by molar-refractivity contribution is 6.63. The van der Waals surface area contributed by atoms with E-state index >= 15 is 0 Å². The summed E-state index contributed by atoms with van der Waals surface area (Å²) in [7, 11) is 4.35. The molecule has 7 aromatic carbocycles. The lowest BCUT2D eigenvalue weighted by Gasteiger charge is -2.33. The number of hydrogen-bond donors (Lipinski definition) is 2. The van der Waals surface area contributed by atoms with Crippen LogP contribution in [0.25, 0.3) is 0 Å². The number of rotatable bonds is 43. The van der Waals surface area contributed by atoms with Crippen molar-refractivity contribution in [2.75, 3.05) is 74.2 Å². The standard InChI is InChI=1S/C41H50O8.C38H44O9.C23H32O7.C3H5ClO2.CH4/c1-2-33(48-41-18-9-10-21-45-41)19-20-34-35-22-31-16-11-17-37(46-28-39(42)47-26-30-14-7-4-8-15-30)36(31)23-32(35)24-38(34)49-40(43)27-44-25-29-12-5-3-6-13-29;1-3-30(46-37(40)24-42-2)17-18-31-32-19-28-15-10-16-34(43-25-36(39)44-22-26-11-6-4-7-12-26)33(28)20-29(32)21-35(31)47-38(41)45-23-27-13-8-5-9-14-27;1-3-16(30-23(27)13-28-2)7-8-17-18-9-14-5-4-6-21(29-12-22(25)26)19(14)10-15(18)11-20(17)24;1-6-2-3(4)5;/h3-8,11-17,32-35,38,41H,2,9-10,18-28H2,1H3;4-16,29-32,35H,3,17-25H2,1-2H3;4-6,15-18,20,24H,3,7-13H2,1-2H3,(H,25,26);2H2,1H3;1H4/t32-,33-,34+,35-,38+,41?;29-,30-,31+,32-,35+;15-,16-,17+,18-,20+;;/m000../s1. The first-order valence-corrected chi connectivity index (χ1v) is 47.0. The van der Waals surface area contributed by atoms with Crippen LogP contribution in [0.4, 0.5) is 4.79 Å². The van der Waals surface area contributed by atoms with Crippen LogP contribution in [0.2, 0.25) is 0 Å². The Balaban J connectivity index is 0.000000205. The molecule has 3 saturated carbocycles. The smallest absolute Gasteiger partial charge is 0.482 e. The molecule has 1 aliphatic heterocycles. The molecule has 1 heterocycles. The van der Waals surface area contributed by atoms with Crippen molar-refractivity contribution in [3.8, 4) is 17.2 Å². The van der Waals surface area contributed by atoms with Crippen molar-refractivity contribution >= 4 is 58.8 Å². The minimum absolute atomic E-state index is 0. The molecule has 7 aliphatic rings. The lowest BCUT2D eigenvalue weighted by Crippen LogP contribution is -2.32. The number of aliphatic hydroxyl groups excluding tert-OH is 1. The number of carboxylic acids is 1. The molecule has 722 valence electrons. The van der Waals surface area contributed by atoms with Crippen LogP contribution in [0.3, 0.4) is 0 Å². The third-order valence-electron chi connectivity index (χ3n) is 26.3. The molecular formula is C106H135ClO26. The number of halogens is 1. The molecule has 14 rings (SSSR count). The van der Waals surface area contributed by atoms with Crippen molar-refractivity contribution < 1.29 is 124 Å². The molecule has 6 aliphatic carbocycles. The average molecular weight is 1860 g/mol. The average Bonchev–Trinajstić information content (AvgIpc) is 1.64. The first-order valence-electron chi connectivity index (χ1n) is 46.7. The predicted octanol–water partition coefficient (Wildman–Crippen LogP) is 17.7. The van der Waals surface area contributed by atoms with E-state index in [0.29, 0.717) is 61.0 Å². The molecule has 0 bridgehead atoms. The molecule has 27 heteroatoms. The van der Waals surface area contributed by atoms with Gasteiger partial charge in [0.2, 0.25) is 5.24 Å². The van der Waals surface area contributed by atoms with Crippen molar-refractivity contribution in [2.24, 2.45) is 53.3 Å². The molecule has 7 aromatic rings. The second-order valence-electron chi connectivity index (χ2n) is 35.1. The lowest BCUT2D eigenvalue weighted by atomic mass is 9.73. The zero-order chi connectivity index (χ0) is 93.5. The number of methoxy groups -OCH3 is 3. The number of hydrogen-bond acceptors (Lipinski definition) is 25. The summed E-state index contributed by atoms with van der Waals surface area (Å²) in [5.41, 5.74) is 10.6. The summed E-state index contributed by atoms with van der Waals surface area (Å²) in [6, 6.07) is 56.4. The van der Waals surface area contributed by atoms with Gasteiger partial charge in [-0.25, -0.2) is 33.6 Å². The monoisotopic (exact) mass is 1860 g/mol. The summed E-state index contributed by atoms with van der Waals surface area (Å²) < 4.78 is 89.4. The Morgan fingerprint density at radius 2 is 0.812 bits per heavy atom. The fourth-order valence-corrected chi connectivity index (χ4v) is 20.0. The van der Waals surface area contributed by atoms with Gasteiger partial charge in [-0.2, -0.15) is 0 Å². The molecule has 2 N–H and O–H groups in total. The topological polar surface area (TPSA) is 325 Å². The molecule has 0 amide bonds. The lowest BCUT2D eigenvalue weighted by molar-refractivity contribution is -0.190. The number of carbonyl (C=O) groups is 8. The first kappa shape index (κ1) is 105. The van der Waals surface area contributed by atoms with Gasteiger partial charge in [0.15, 0.2) is 26.1 Å². The molecule has 133 heavy (non-hydrogen) atoms. The Kier molecular flexibility index (Phi) is 43.7. The molecule has 1 saturated heterocycles. The number of fused-ring (bicyclic) bond motifs is 6. The summed E-state index contributed by atoms with van der Waals surface area (Å²) in [4.78, 5) is 95.4. The van der Waals surface area contributed by atoms with E-state index in [0.717, 1.165) is 172 Å². The molecule has 0 aromatic heterocycles. The summed E-state index contributed by atoms with van der Waals surface area (Å²) in [5.74, 6) is 1.52. The van der Waals surface area contributed by atoms with Crippen molar-refractivity contribution in [3.63, 3.8) is 0 Å². The number of carbonyl (C=O) groups excluding carboxylic acids is 7. The highest BCUT2D eigenvalue weighted by Crippen LogP contribution is 2.53. The highest BCUT2D eigenvalue weighted by Gasteiger charge is 2.50. The SMILES string of the molecule is C.CC[C@@H](CC[C@@H]1[C@H]2Cc3cccc(OCC(=O)O)c3C[C@H]2C[C@H]1O)OC(=O)COC.CC[C@@H](CC[C@@H]1[C@H]2Cc3cccc(OCC(=O)OCc4ccccc4)c3C[C@H]2C[C@H]1OC(=O)COCc1ccccc1)OC1CCCCO1.CC[C@@H](CC[C@@H]1[C@H]2Cc3cccc(OCC(=O)OCc4ccccc4)c3C[C@H]2C[C@H]1OC(=O)OCc1ccccc1)OC(=O)COC.COCC(=O)Cl. The summed E-state index contributed by atoms with van der Waals surface area (Å²) in [6.07, 6.45) is 15.3. The number of ether oxygens (including phenoxy) is 16. The third kappa shape index (κ3) is 33.1. The van der Waals surface area contributed by atoms with Crippen LogP contribution in [-0.2, 0) is 160 Å². The van der Waals surface area contributed by atoms with Gasteiger partial charge in [0, 0.05) is 27.9 Å². The van der Waals surface area contributed by atoms with E-state index in [1.54, 1.807) is 0 Å². The minimum atomic E-state index is -0.991. The predicted molar refractivity (Wildman–Crippen MR) is 497 cm³/mol. The van der Waals surface area contributed by atoms with Crippen molar-refractivity contribution in [3.05, 3.63) is 232 Å². The van der Waals surface area contributed by atoms with Crippen LogP contribution in [0.1, 0.15) is 180 Å². The number of benzene rings is 7. The van der Waals surface area contributed by atoms with Gasteiger partial charge in [0.05, 0.1) is 18.8 Å². The molecule has 16 atom stereocenters. The Bertz CT molecular complexity index is 4720. The van der Waals surface area contributed by atoms with Crippen LogP contribution < -0.4 is 14.2 Å². The van der Waals surface area contributed by atoms with Crippen LogP contribution in [-0.4, -0.2) is 175 Å². The zero-order valence-corrected chi connectivity index (χ0v) is 77.6. The summed E-state index contributed by atoms with van der Waals surface area (Å²) in [6.45, 7) is 6.95. The van der Waals surface area contributed by atoms with Crippen LogP contribution in [0.5, 0.6) is 17.2 Å².